The average Bonchev–Trinajstić information content (AvgIpc) is 3.01. The van der Waals surface area contributed by atoms with Gasteiger partial charge in [-0.1, -0.05) is 12.1 Å². The summed E-state index contributed by atoms with van der Waals surface area (Å²) in [4.78, 5) is 33.4. The van der Waals surface area contributed by atoms with Gasteiger partial charge in [0.1, 0.15) is 11.6 Å². The standard InChI is InChI=1S/C17H18FN3O2/c1-10-11(2)19-15(20-16(10)22)14-8-5-9-21(14)17(23)12-6-3-4-7-13(12)18/h3-4,6-7,14H,5,8-9H2,1-2H3,(H,19,20,22)/t14-/m1/s1. The molecule has 0 bridgehead atoms. The molecule has 1 fully saturated rings. The predicted octanol–water partition coefficient (Wildman–Crippen LogP) is 2.50. The number of aryl methyl sites for hydroxylation is 1. The first-order valence-electron chi connectivity index (χ1n) is 7.62. The monoisotopic (exact) mass is 315 g/mol. The van der Waals surface area contributed by atoms with E-state index in [2.05, 4.69) is 9.97 Å². The molecule has 1 saturated heterocycles. The molecule has 23 heavy (non-hydrogen) atoms. The summed E-state index contributed by atoms with van der Waals surface area (Å²) in [5.41, 5.74) is 1.07. The molecule has 1 aromatic carbocycles. The lowest BCUT2D eigenvalue weighted by Gasteiger charge is -2.24. The van der Waals surface area contributed by atoms with Gasteiger partial charge in [-0.25, -0.2) is 9.37 Å². The molecule has 1 aliphatic rings. The summed E-state index contributed by atoms with van der Waals surface area (Å²) in [5.74, 6) is -0.434. The first-order valence-corrected chi connectivity index (χ1v) is 7.62. The van der Waals surface area contributed by atoms with E-state index < -0.39 is 5.82 Å². The van der Waals surface area contributed by atoms with E-state index in [9.17, 15) is 14.0 Å². The largest absolute Gasteiger partial charge is 0.328 e. The van der Waals surface area contributed by atoms with Crippen LogP contribution in [0.25, 0.3) is 0 Å². The zero-order chi connectivity index (χ0) is 16.6. The summed E-state index contributed by atoms with van der Waals surface area (Å²) in [6, 6.07) is 5.61. The molecule has 1 aromatic heterocycles. The molecule has 2 aromatic rings. The normalized spacial score (nSPS) is 17.5. The molecule has 1 atom stereocenters. The van der Waals surface area contributed by atoms with Gasteiger partial charge in [0, 0.05) is 17.8 Å². The molecule has 5 nitrogen and oxygen atoms in total. The fourth-order valence-corrected chi connectivity index (χ4v) is 2.91. The van der Waals surface area contributed by atoms with Gasteiger partial charge in [-0.3, -0.25) is 9.59 Å². The maximum absolute atomic E-state index is 13.9. The number of aromatic nitrogens is 2. The zero-order valence-corrected chi connectivity index (χ0v) is 13.1. The van der Waals surface area contributed by atoms with Gasteiger partial charge < -0.3 is 9.88 Å². The van der Waals surface area contributed by atoms with Gasteiger partial charge in [0.25, 0.3) is 11.5 Å². The van der Waals surface area contributed by atoms with Gasteiger partial charge in [-0.05, 0) is 38.8 Å². The Balaban J connectivity index is 1.96. The van der Waals surface area contributed by atoms with Crippen LogP contribution in [0.15, 0.2) is 29.1 Å². The minimum absolute atomic E-state index is 0.0468. The van der Waals surface area contributed by atoms with Crippen molar-refractivity contribution < 1.29 is 9.18 Å². The number of benzene rings is 1. The number of nitrogens with one attached hydrogen (secondary N) is 1. The van der Waals surface area contributed by atoms with Crippen LogP contribution in [0, 0.1) is 19.7 Å². The summed E-state index contributed by atoms with van der Waals surface area (Å²) < 4.78 is 13.9. The topological polar surface area (TPSA) is 66.1 Å². The SMILES string of the molecule is Cc1nc([C@H]2CCCN2C(=O)c2ccccc2F)[nH]c(=O)c1C. The number of carbonyl (C=O) groups is 1. The van der Waals surface area contributed by atoms with E-state index in [4.69, 9.17) is 0 Å². The van der Waals surface area contributed by atoms with Crippen LogP contribution in [-0.4, -0.2) is 27.3 Å². The summed E-state index contributed by atoms with van der Waals surface area (Å²) in [6.07, 6.45) is 1.49. The van der Waals surface area contributed by atoms with Crippen molar-refractivity contribution >= 4 is 5.91 Å². The Bertz CT molecular complexity index is 816. The smallest absolute Gasteiger partial charge is 0.257 e. The highest BCUT2D eigenvalue weighted by atomic mass is 19.1. The number of nitrogens with zero attached hydrogens (tertiary/aromatic N) is 2. The molecule has 1 N–H and O–H groups in total. The maximum atomic E-state index is 13.9. The van der Waals surface area contributed by atoms with E-state index >= 15 is 0 Å². The fraction of sp³-hybridized carbons (Fsp3) is 0.353. The maximum Gasteiger partial charge on any atom is 0.257 e. The van der Waals surface area contributed by atoms with Crippen molar-refractivity contribution in [3.05, 3.63) is 63.1 Å². The number of likely N-dealkylation sites (tertiary alicyclic amines) is 1. The van der Waals surface area contributed by atoms with Crippen molar-refractivity contribution in [1.29, 1.82) is 0 Å². The van der Waals surface area contributed by atoms with Crippen LogP contribution in [0.1, 0.15) is 46.3 Å². The highest BCUT2D eigenvalue weighted by Crippen LogP contribution is 2.31. The van der Waals surface area contributed by atoms with E-state index in [-0.39, 0.29) is 23.1 Å². The first-order chi connectivity index (χ1) is 11.0. The summed E-state index contributed by atoms with van der Waals surface area (Å²) in [6.45, 7) is 4.00. The Kier molecular flexibility index (Phi) is 3.98. The van der Waals surface area contributed by atoms with Gasteiger partial charge >= 0.3 is 0 Å². The van der Waals surface area contributed by atoms with E-state index in [1.807, 2.05) is 0 Å². The van der Waals surface area contributed by atoms with E-state index in [1.54, 1.807) is 30.9 Å². The summed E-state index contributed by atoms with van der Waals surface area (Å²) >= 11 is 0. The molecular weight excluding hydrogens is 297 g/mol. The van der Waals surface area contributed by atoms with Crippen LogP contribution in [0.2, 0.25) is 0 Å². The average molecular weight is 315 g/mol. The van der Waals surface area contributed by atoms with Crippen LogP contribution < -0.4 is 5.56 Å². The van der Waals surface area contributed by atoms with Crippen LogP contribution in [0.5, 0.6) is 0 Å². The minimum Gasteiger partial charge on any atom is -0.328 e. The predicted molar refractivity (Wildman–Crippen MR) is 83.7 cm³/mol. The van der Waals surface area contributed by atoms with E-state index in [0.29, 0.717) is 30.0 Å². The Hall–Kier alpha value is -2.50. The number of H-pyrrole nitrogens is 1. The van der Waals surface area contributed by atoms with Gasteiger partial charge in [0.05, 0.1) is 11.6 Å². The Morgan fingerprint density at radius 1 is 1.35 bits per heavy atom. The molecule has 0 saturated carbocycles. The number of amides is 1. The second kappa shape index (κ2) is 5.95. The summed E-state index contributed by atoms with van der Waals surface area (Å²) in [5, 5.41) is 0. The highest BCUT2D eigenvalue weighted by Gasteiger charge is 2.33. The molecule has 3 rings (SSSR count). The van der Waals surface area contributed by atoms with Crippen molar-refractivity contribution in [1.82, 2.24) is 14.9 Å². The molecule has 0 spiro atoms. The van der Waals surface area contributed by atoms with Crippen LogP contribution in [-0.2, 0) is 0 Å². The second-order valence-corrected chi connectivity index (χ2v) is 5.80. The molecule has 6 heteroatoms. The van der Waals surface area contributed by atoms with Crippen molar-refractivity contribution in [2.24, 2.45) is 0 Å². The fourth-order valence-electron chi connectivity index (χ4n) is 2.91. The number of hydrogen-bond acceptors (Lipinski definition) is 3. The quantitative estimate of drug-likeness (QED) is 0.926. The second-order valence-electron chi connectivity index (χ2n) is 5.80. The van der Waals surface area contributed by atoms with Gasteiger partial charge in [-0.2, -0.15) is 0 Å². The lowest BCUT2D eigenvalue weighted by atomic mass is 10.1. The lowest BCUT2D eigenvalue weighted by Crippen LogP contribution is -2.33. The van der Waals surface area contributed by atoms with Crippen LogP contribution >= 0.6 is 0 Å². The Morgan fingerprint density at radius 2 is 2.09 bits per heavy atom. The molecule has 120 valence electrons. The molecule has 2 heterocycles. The van der Waals surface area contributed by atoms with Gasteiger partial charge in [0.2, 0.25) is 0 Å². The lowest BCUT2D eigenvalue weighted by molar-refractivity contribution is 0.0724. The highest BCUT2D eigenvalue weighted by molar-refractivity contribution is 5.94. The first kappa shape index (κ1) is 15.4. The molecule has 0 radical (unpaired) electrons. The van der Waals surface area contributed by atoms with Crippen molar-refractivity contribution in [3.63, 3.8) is 0 Å². The molecule has 0 unspecified atom stereocenters. The molecule has 1 amide bonds. The number of halogens is 1. The third-order valence-electron chi connectivity index (χ3n) is 4.35. The van der Waals surface area contributed by atoms with Gasteiger partial charge in [-0.15, -0.1) is 0 Å². The molecular formula is C17H18FN3O2. The zero-order valence-electron chi connectivity index (χ0n) is 13.1. The third kappa shape index (κ3) is 2.76. The number of carbonyl (C=O) groups excluding carboxylic acids is 1. The number of hydrogen-bond donors (Lipinski definition) is 1. The minimum atomic E-state index is -0.537. The number of aromatic amines is 1. The third-order valence-corrected chi connectivity index (χ3v) is 4.35. The summed E-state index contributed by atoms with van der Waals surface area (Å²) in [7, 11) is 0. The van der Waals surface area contributed by atoms with Crippen molar-refractivity contribution in [2.75, 3.05) is 6.54 Å². The van der Waals surface area contributed by atoms with Gasteiger partial charge in [0.15, 0.2) is 0 Å². The molecule has 0 aliphatic carbocycles. The van der Waals surface area contributed by atoms with Crippen molar-refractivity contribution in [3.8, 4) is 0 Å². The van der Waals surface area contributed by atoms with Crippen LogP contribution in [0.4, 0.5) is 4.39 Å². The Labute approximate surface area is 133 Å². The van der Waals surface area contributed by atoms with E-state index in [1.165, 1.54) is 12.1 Å². The number of rotatable bonds is 2. The molecule has 1 aliphatic heterocycles. The van der Waals surface area contributed by atoms with E-state index in [0.717, 1.165) is 6.42 Å². The van der Waals surface area contributed by atoms with Crippen LogP contribution in [0.3, 0.4) is 0 Å². The Morgan fingerprint density at radius 3 is 2.78 bits per heavy atom. The van der Waals surface area contributed by atoms with Crippen molar-refractivity contribution in [2.45, 2.75) is 32.7 Å².